The molecule has 2 aliphatic carbocycles. The van der Waals surface area contributed by atoms with Crippen LogP contribution >= 0.6 is 11.6 Å². The fourth-order valence-corrected chi connectivity index (χ4v) is 6.91. The summed E-state index contributed by atoms with van der Waals surface area (Å²) in [6.07, 6.45) is 10.2. The van der Waals surface area contributed by atoms with Crippen molar-refractivity contribution in [3.63, 3.8) is 0 Å². The molecule has 0 bridgehead atoms. The van der Waals surface area contributed by atoms with Gasteiger partial charge in [0, 0.05) is 37.2 Å². The van der Waals surface area contributed by atoms with E-state index < -0.39 is 12.1 Å². The van der Waals surface area contributed by atoms with Gasteiger partial charge in [-0.25, -0.2) is 4.39 Å². The lowest BCUT2D eigenvalue weighted by atomic mass is 9.74. The van der Waals surface area contributed by atoms with Crippen molar-refractivity contribution < 1.29 is 19.0 Å². The minimum atomic E-state index is -0.800. The lowest BCUT2D eigenvalue weighted by Crippen LogP contribution is -2.61. The Morgan fingerprint density at radius 1 is 1.10 bits per heavy atom. The Bertz CT molecular complexity index is 589. The van der Waals surface area contributed by atoms with E-state index in [2.05, 4.69) is 10.2 Å². The lowest BCUT2D eigenvalue weighted by molar-refractivity contribution is -0.137. The monoisotopic (exact) mass is 458 g/mol. The van der Waals surface area contributed by atoms with Gasteiger partial charge in [-0.1, -0.05) is 6.42 Å². The number of rotatable bonds is 7. The van der Waals surface area contributed by atoms with E-state index in [0.717, 1.165) is 64.6 Å². The van der Waals surface area contributed by atoms with Crippen molar-refractivity contribution in [1.29, 1.82) is 0 Å². The molecular formula is C24H40ClFN2O3. The molecule has 2 N–H and O–H groups in total. The lowest BCUT2D eigenvalue weighted by Gasteiger charge is -2.48. The SMILES string of the molecule is O=C(O)CCN1CCC2NC(C3CCC(OCC4CCCC(Cl)C4)CC3)C(F)CC2C1. The number of carbonyl (C=O) groups is 1. The van der Waals surface area contributed by atoms with Gasteiger partial charge in [0.15, 0.2) is 0 Å². The Morgan fingerprint density at radius 3 is 2.65 bits per heavy atom. The second kappa shape index (κ2) is 11.1. The van der Waals surface area contributed by atoms with Crippen LogP contribution in [0, 0.1) is 17.8 Å². The third-order valence-corrected chi connectivity index (χ3v) is 8.69. The van der Waals surface area contributed by atoms with Gasteiger partial charge < -0.3 is 20.1 Å². The molecule has 2 saturated heterocycles. The van der Waals surface area contributed by atoms with Crippen LogP contribution in [0.15, 0.2) is 0 Å². The molecule has 4 aliphatic rings. The van der Waals surface area contributed by atoms with E-state index in [1.54, 1.807) is 0 Å². The molecule has 7 heteroatoms. The van der Waals surface area contributed by atoms with Gasteiger partial charge in [-0.3, -0.25) is 4.79 Å². The van der Waals surface area contributed by atoms with E-state index in [0.29, 0.717) is 48.2 Å². The predicted molar refractivity (Wildman–Crippen MR) is 120 cm³/mol. The van der Waals surface area contributed by atoms with Crippen molar-refractivity contribution in [3.8, 4) is 0 Å². The number of carboxylic acids is 1. The van der Waals surface area contributed by atoms with Crippen LogP contribution < -0.4 is 5.32 Å². The minimum absolute atomic E-state index is 0.0249. The second-order valence-electron chi connectivity index (χ2n) is 10.5. The summed E-state index contributed by atoms with van der Waals surface area (Å²) in [4.78, 5) is 13.0. The number of ether oxygens (including phenoxy) is 1. The number of alkyl halides is 2. The predicted octanol–water partition coefficient (Wildman–Crippen LogP) is 4.22. The number of halogens is 2. The molecule has 6 atom stereocenters. The summed E-state index contributed by atoms with van der Waals surface area (Å²) < 4.78 is 21.4. The molecule has 0 radical (unpaired) electrons. The van der Waals surface area contributed by atoms with Gasteiger partial charge in [0.2, 0.25) is 0 Å². The molecule has 178 valence electrons. The number of likely N-dealkylation sites (tertiary alicyclic amines) is 1. The molecule has 0 aromatic rings. The maximum Gasteiger partial charge on any atom is 0.304 e. The summed E-state index contributed by atoms with van der Waals surface area (Å²) >= 11 is 6.31. The molecule has 0 aromatic carbocycles. The first-order valence-corrected chi connectivity index (χ1v) is 13.0. The summed E-state index contributed by atoms with van der Waals surface area (Å²) in [7, 11) is 0. The van der Waals surface area contributed by atoms with E-state index in [1.165, 1.54) is 12.8 Å². The highest BCUT2D eigenvalue weighted by Crippen LogP contribution is 2.37. The summed E-state index contributed by atoms with van der Waals surface area (Å²) in [6.45, 7) is 3.16. The van der Waals surface area contributed by atoms with Crippen molar-refractivity contribution in [2.45, 2.75) is 100 Å². The molecule has 2 saturated carbocycles. The Labute approximate surface area is 191 Å². The highest BCUT2D eigenvalue weighted by Gasteiger charge is 2.43. The summed E-state index contributed by atoms with van der Waals surface area (Å²) in [5, 5.41) is 12.9. The molecule has 6 unspecified atom stereocenters. The molecule has 0 amide bonds. The van der Waals surface area contributed by atoms with Crippen LogP contribution in [0.1, 0.15) is 70.6 Å². The van der Waals surface area contributed by atoms with E-state index in [-0.39, 0.29) is 12.5 Å². The molecule has 5 nitrogen and oxygen atoms in total. The largest absolute Gasteiger partial charge is 0.481 e. The molecule has 0 spiro atoms. The first-order valence-electron chi connectivity index (χ1n) is 12.6. The Morgan fingerprint density at radius 2 is 1.90 bits per heavy atom. The molecule has 31 heavy (non-hydrogen) atoms. The fraction of sp³-hybridized carbons (Fsp3) is 0.958. The summed E-state index contributed by atoms with van der Waals surface area (Å²) in [5.41, 5.74) is 0. The van der Waals surface area contributed by atoms with Gasteiger partial charge in [0.25, 0.3) is 0 Å². The van der Waals surface area contributed by atoms with Crippen molar-refractivity contribution in [1.82, 2.24) is 10.2 Å². The Hall–Kier alpha value is -0.430. The number of piperidine rings is 2. The highest BCUT2D eigenvalue weighted by atomic mass is 35.5. The number of nitrogens with zero attached hydrogens (tertiary/aromatic N) is 1. The number of aliphatic carboxylic acids is 1. The van der Waals surface area contributed by atoms with Gasteiger partial charge >= 0.3 is 5.97 Å². The van der Waals surface area contributed by atoms with Gasteiger partial charge in [-0.05, 0) is 82.1 Å². The minimum Gasteiger partial charge on any atom is -0.481 e. The van der Waals surface area contributed by atoms with Crippen LogP contribution in [0.3, 0.4) is 0 Å². The number of carboxylic acid groups (broad SMARTS) is 1. The van der Waals surface area contributed by atoms with E-state index in [9.17, 15) is 4.79 Å². The molecular weight excluding hydrogens is 419 g/mol. The van der Waals surface area contributed by atoms with Crippen LogP contribution in [0.5, 0.6) is 0 Å². The van der Waals surface area contributed by atoms with Crippen LogP contribution in [0.4, 0.5) is 4.39 Å². The van der Waals surface area contributed by atoms with Crippen molar-refractivity contribution in [3.05, 3.63) is 0 Å². The summed E-state index contributed by atoms with van der Waals surface area (Å²) in [5.74, 6) is 0.564. The average Bonchev–Trinajstić information content (AvgIpc) is 2.76. The summed E-state index contributed by atoms with van der Waals surface area (Å²) in [6, 6.07) is 0.352. The fourth-order valence-electron chi connectivity index (χ4n) is 6.50. The third-order valence-electron chi connectivity index (χ3n) is 8.30. The topological polar surface area (TPSA) is 61.8 Å². The van der Waals surface area contributed by atoms with Gasteiger partial charge in [0.05, 0.1) is 12.5 Å². The first-order chi connectivity index (χ1) is 15.0. The number of hydrogen-bond acceptors (Lipinski definition) is 4. The van der Waals surface area contributed by atoms with Crippen molar-refractivity contribution in [2.24, 2.45) is 17.8 Å². The highest BCUT2D eigenvalue weighted by molar-refractivity contribution is 6.20. The number of nitrogens with one attached hydrogen (secondary N) is 1. The molecule has 2 aliphatic heterocycles. The number of fused-ring (bicyclic) bond motifs is 1. The van der Waals surface area contributed by atoms with Crippen molar-refractivity contribution in [2.75, 3.05) is 26.2 Å². The zero-order valence-electron chi connectivity index (χ0n) is 18.7. The first kappa shape index (κ1) is 23.7. The Kier molecular flexibility index (Phi) is 8.52. The Balaban J connectivity index is 1.19. The molecule has 0 aromatic heterocycles. The van der Waals surface area contributed by atoms with Crippen LogP contribution in [0.2, 0.25) is 0 Å². The standard InChI is InChI=1S/C24H40ClFN2O3/c25-19-3-1-2-16(12-19)15-31-20-6-4-17(5-7-20)24-21(26)13-18-14-28(11-9-23(29)30)10-8-22(18)27-24/h16-22,24,27H,1-15H2,(H,29,30). The maximum absolute atomic E-state index is 15.2. The molecule has 2 heterocycles. The normalized spacial score (nSPS) is 42.1. The quantitative estimate of drug-likeness (QED) is 0.559. The van der Waals surface area contributed by atoms with Crippen LogP contribution in [0.25, 0.3) is 0 Å². The molecule has 4 rings (SSSR count). The van der Waals surface area contributed by atoms with E-state index in [4.69, 9.17) is 21.4 Å². The van der Waals surface area contributed by atoms with Gasteiger partial charge in [-0.15, -0.1) is 11.6 Å². The zero-order chi connectivity index (χ0) is 21.8. The second-order valence-corrected chi connectivity index (χ2v) is 11.2. The van der Waals surface area contributed by atoms with E-state index >= 15 is 4.39 Å². The number of hydrogen-bond donors (Lipinski definition) is 2. The smallest absolute Gasteiger partial charge is 0.304 e. The van der Waals surface area contributed by atoms with E-state index in [1.807, 2.05) is 0 Å². The van der Waals surface area contributed by atoms with Gasteiger partial charge in [0.1, 0.15) is 6.17 Å². The maximum atomic E-state index is 15.2. The van der Waals surface area contributed by atoms with Gasteiger partial charge in [-0.2, -0.15) is 0 Å². The van der Waals surface area contributed by atoms with Crippen LogP contribution in [-0.2, 0) is 9.53 Å². The van der Waals surface area contributed by atoms with Crippen LogP contribution in [-0.4, -0.2) is 72.0 Å². The molecule has 4 fully saturated rings. The zero-order valence-corrected chi connectivity index (χ0v) is 19.4. The average molecular weight is 459 g/mol. The van der Waals surface area contributed by atoms with Crippen molar-refractivity contribution >= 4 is 17.6 Å². The third kappa shape index (κ3) is 6.55.